The number of rotatable bonds is 4. The Bertz CT molecular complexity index is 624. The van der Waals surface area contributed by atoms with E-state index in [0.717, 1.165) is 0 Å². The molecular formula is C15H12F2N2O. The third-order valence-corrected chi connectivity index (χ3v) is 2.58. The summed E-state index contributed by atoms with van der Waals surface area (Å²) >= 11 is 0. The number of hydrogen-bond acceptors (Lipinski definition) is 2. The molecule has 3 nitrogen and oxygen atoms in total. The molecular weight excluding hydrogens is 262 g/mol. The minimum Gasteiger partial charge on any atom is -0.273 e. The van der Waals surface area contributed by atoms with Gasteiger partial charge in [-0.3, -0.25) is 4.79 Å². The van der Waals surface area contributed by atoms with E-state index in [1.165, 1.54) is 36.5 Å². The Kier molecular flexibility index (Phi) is 4.55. The molecule has 0 saturated heterocycles. The summed E-state index contributed by atoms with van der Waals surface area (Å²) in [7, 11) is 0. The standard InChI is InChI=1S/C15H12F2N2O/c16-13-7-5-11(6-8-13)9-15(20)19-18-10-12-3-1-2-4-14(12)17/h1-8,10H,9H2,(H,19,20)/b18-10-. The number of hydrogen-bond donors (Lipinski definition) is 1. The highest BCUT2D eigenvalue weighted by Crippen LogP contribution is 2.04. The lowest BCUT2D eigenvalue weighted by Crippen LogP contribution is -2.19. The summed E-state index contributed by atoms with van der Waals surface area (Å²) in [6.07, 6.45) is 1.31. The van der Waals surface area contributed by atoms with Gasteiger partial charge in [-0.2, -0.15) is 5.10 Å². The van der Waals surface area contributed by atoms with E-state index in [1.54, 1.807) is 18.2 Å². The first kappa shape index (κ1) is 13.9. The average molecular weight is 274 g/mol. The molecule has 1 N–H and O–H groups in total. The molecule has 0 aliphatic heterocycles. The smallest absolute Gasteiger partial charge is 0.244 e. The predicted molar refractivity (Wildman–Crippen MR) is 72.2 cm³/mol. The minimum atomic E-state index is -0.413. The zero-order chi connectivity index (χ0) is 14.4. The lowest BCUT2D eigenvalue weighted by Gasteiger charge is -2.00. The number of benzene rings is 2. The lowest BCUT2D eigenvalue weighted by molar-refractivity contribution is -0.120. The Hall–Kier alpha value is -2.56. The van der Waals surface area contributed by atoms with Crippen molar-refractivity contribution in [3.8, 4) is 0 Å². The summed E-state index contributed by atoms with van der Waals surface area (Å²) in [5, 5.41) is 3.68. The van der Waals surface area contributed by atoms with Crippen LogP contribution in [0.5, 0.6) is 0 Å². The number of carbonyl (C=O) groups is 1. The van der Waals surface area contributed by atoms with Gasteiger partial charge in [-0.25, -0.2) is 14.2 Å². The van der Waals surface area contributed by atoms with Crippen LogP contribution in [0.15, 0.2) is 53.6 Å². The van der Waals surface area contributed by atoms with Crippen molar-refractivity contribution >= 4 is 12.1 Å². The fourth-order valence-electron chi connectivity index (χ4n) is 1.58. The fourth-order valence-corrected chi connectivity index (χ4v) is 1.58. The molecule has 2 aromatic carbocycles. The molecule has 0 radical (unpaired) electrons. The first-order valence-electron chi connectivity index (χ1n) is 5.96. The van der Waals surface area contributed by atoms with Crippen molar-refractivity contribution in [1.29, 1.82) is 0 Å². The van der Waals surface area contributed by atoms with Crippen molar-refractivity contribution in [2.45, 2.75) is 6.42 Å². The van der Waals surface area contributed by atoms with E-state index in [0.29, 0.717) is 5.56 Å². The molecule has 1 amide bonds. The molecule has 0 unspecified atom stereocenters. The monoisotopic (exact) mass is 274 g/mol. The van der Waals surface area contributed by atoms with Crippen LogP contribution in [0.3, 0.4) is 0 Å². The molecule has 20 heavy (non-hydrogen) atoms. The maximum atomic E-state index is 13.3. The third kappa shape index (κ3) is 3.98. The van der Waals surface area contributed by atoms with Gasteiger partial charge in [0.25, 0.3) is 0 Å². The van der Waals surface area contributed by atoms with Crippen LogP contribution in [0.25, 0.3) is 0 Å². The summed E-state index contributed by atoms with van der Waals surface area (Å²) in [4.78, 5) is 11.6. The molecule has 0 aliphatic carbocycles. The topological polar surface area (TPSA) is 41.5 Å². The van der Waals surface area contributed by atoms with Crippen molar-refractivity contribution in [1.82, 2.24) is 5.43 Å². The van der Waals surface area contributed by atoms with E-state index in [9.17, 15) is 13.6 Å². The second-order valence-electron chi connectivity index (χ2n) is 4.12. The van der Waals surface area contributed by atoms with Crippen molar-refractivity contribution in [2.24, 2.45) is 5.10 Å². The van der Waals surface area contributed by atoms with E-state index < -0.39 is 5.82 Å². The predicted octanol–water partition coefficient (Wildman–Crippen LogP) is 2.66. The zero-order valence-electron chi connectivity index (χ0n) is 10.5. The van der Waals surface area contributed by atoms with Crippen LogP contribution in [0.4, 0.5) is 8.78 Å². The van der Waals surface area contributed by atoms with Crippen LogP contribution in [0.1, 0.15) is 11.1 Å². The summed E-state index contributed by atoms with van der Waals surface area (Å²) in [5.41, 5.74) is 3.25. The van der Waals surface area contributed by atoms with Gasteiger partial charge in [0.2, 0.25) is 5.91 Å². The SMILES string of the molecule is O=C(Cc1ccc(F)cc1)N/N=C\c1ccccc1F. The second kappa shape index (κ2) is 6.56. The molecule has 0 spiro atoms. The number of carbonyl (C=O) groups excluding carboxylic acids is 1. The highest BCUT2D eigenvalue weighted by atomic mass is 19.1. The van der Waals surface area contributed by atoms with Gasteiger partial charge in [-0.1, -0.05) is 30.3 Å². The number of amides is 1. The summed E-state index contributed by atoms with van der Waals surface area (Å²) in [5.74, 6) is -1.13. The molecule has 0 aliphatic rings. The van der Waals surface area contributed by atoms with E-state index in [2.05, 4.69) is 10.5 Å². The van der Waals surface area contributed by atoms with E-state index >= 15 is 0 Å². The average Bonchev–Trinajstić information content (AvgIpc) is 2.43. The normalized spacial score (nSPS) is 10.7. The summed E-state index contributed by atoms with van der Waals surface area (Å²) < 4.78 is 26.0. The van der Waals surface area contributed by atoms with E-state index in [4.69, 9.17) is 0 Å². The van der Waals surface area contributed by atoms with Gasteiger partial charge in [0.05, 0.1) is 12.6 Å². The van der Waals surface area contributed by atoms with Gasteiger partial charge < -0.3 is 0 Å². The quantitative estimate of drug-likeness (QED) is 0.676. The van der Waals surface area contributed by atoms with Gasteiger partial charge in [-0.15, -0.1) is 0 Å². The molecule has 102 valence electrons. The lowest BCUT2D eigenvalue weighted by atomic mass is 10.1. The third-order valence-electron chi connectivity index (χ3n) is 2.58. The number of nitrogens with zero attached hydrogens (tertiary/aromatic N) is 1. The maximum absolute atomic E-state index is 13.3. The molecule has 5 heteroatoms. The second-order valence-corrected chi connectivity index (χ2v) is 4.12. The fraction of sp³-hybridized carbons (Fsp3) is 0.0667. The maximum Gasteiger partial charge on any atom is 0.244 e. The molecule has 0 aromatic heterocycles. The Morgan fingerprint density at radius 2 is 1.80 bits per heavy atom. The summed E-state index contributed by atoms with van der Waals surface area (Å²) in [6.45, 7) is 0. The Morgan fingerprint density at radius 3 is 2.50 bits per heavy atom. The van der Waals surface area contributed by atoms with Crippen LogP contribution in [-0.2, 0) is 11.2 Å². The highest BCUT2D eigenvalue weighted by molar-refractivity contribution is 5.83. The first-order valence-corrected chi connectivity index (χ1v) is 5.96. The van der Waals surface area contributed by atoms with Crippen LogP contribution in [0, 0.1) is 11.6 Å². The van der Waals surface area contributed by atoms with Crippen LogP contribution in [-0.4, -0.2) is 12.1 Å². The van der Waals surface area contributed by atoms with Crippen LogP contribution >= 0.6 is 0 Å². The van der Waals surface area contributed by atoms with Crippen molar-refractivity contribution in [3.63, 3.8) is 0 Å². The first-order chi connectivity index (χ1) is 9.65. The Balaban J connectivity index is 1.89. The van der Waals surface area contributed by atoms with E-state index in [1.807, 2.05) is 0 Å². The van der Waals surface area contributed by atoms with Crippen molar-refractivity contribution < 1.29 is 13.6 Å². The number of nitrogens with one attached hydrogen (secondary N) is 1. The summed E-state index contributed by atoms with van der Waals surface area (Å²) in [6, 6.07) is 11.7. The highest BCUT2D eigenvalue weighted by Gasteiger charge is 2.02. The van der Waals surface area contributed by atoms with Gasteiger partial charge in [0.1, 0.15) is 11.6 Å². The van der Waals surface area contributed by atoms with Crippen molar-refractivity contribution in [3.05, 3.63) is 71.3 Å². The molecule has 0 fully saturated rings. The Morgan fingerprint density at radius 1 is 1.10 bits per heavy atom. The molecule has 2 aromatic rings. The van der Waals surface area contributed by atoms with Gasteiger partial charge in [-0.05, 0) is 23.8 Å². The van der Waals surface area contributed by atoms with Crippen molar-refractivity contribution in [2.75, 3.05) is 0 Å². The molecule has 0 heterocycles. The Labute approximate surface area is 114 Å². The van der Waals surface area contributed by atoms with Gasteiger partial charge in [0.15, 0.2) is 0 Å². The molecule has 0 atom stereocenters. The largest absolute Gasteiger partial charge is 0.273 e. The zero-order valence-corrected chi connectivity index (χ0v) is 10.5. The van der Waals surface area contributed by atoms with Gasteiger partial charge >= 0.3 is 0 Å². The number of halogens is 2. The number of hydrazone groups is 1. The van der Waals surface area contributed by atoms with Crippen LogP contribution in [0.2, 0.25) is 0 Å². The molecule has 2 rings (SSSR count). The molecule has 0 bridgehead atoms. The van der Waals surface area contributed by atoms with E-state index in [-0.39, 0.29) is 23.7 Å². The van der Waals surface area contributed by atoms with Gasteiger partial charge in [0, 0.05) is 5.56 Å². The molecule has 0 saturated carbocycles. The minimum absolute atomic E-state index is 0.0783. The van der Waals surface area contributed by atoms with Crippen LogP contribution < -0.4 is 5.43 Å².